The largest absolute Gasteiger partial charge is 0.379 e. The number of hydrogen-bond acceptors (Lipinski definition) is 3. The van der Waals surface area contributed by atoms with Crippen LogP contribution in [-0.4, -0.2) is 35.6 Å². The Morgan fingerprint density at radius 3 is 2.76 bits per heavy atom. The first kappa shape index (κ1) is 11.3. The second kappa shape index (κ2) is 4.46. The fourth-order valence-electron chi connectivity index (χ4n) is 2.98. The van der Waals surface area contributed by atoms with Gasteiger partial charge in [-0.15, -0.1) is 0 Å². The number of fused-ring (bicyclic) bond motifs is 3. The van der Waals surface area contributed by atoms with Crippen molar-refractivity contribution in [1.29, 1.82) is 0 Å². The molecule has 3 fully saturated rings. The second-order valence-electron chi connectivity index (χ2n) is 5.22. The molecule has 4 rings (SSSR count). The van der Waals surface area contributed by atoms with Crippen LogP contribution in [0.25, 0.3) is 0 Å². The van der Waals surface area contributed by atoms with Crippen LogP contribution >= 0.6 is 11.6 Å². The maximum Gasteiger partial charge on any atom is 0.132 e. The molecule has 3 aliphatic heterocycles. The standard InChI is InChI=1S/C13H18ClN3/c1-9-6-11(7-15-13(9)14)16-12-8-17-4-2-10(12)3-5-17/h6-7,10,12,16H,2-5,8H2,1H3. The smallest absolute Gasteiger partial charge is 0.132 e. The van der Waals surface area contributed by atoms with E-state index in [4.69, 9.17) is 11.6 Å². The summed E-state index contributed by atoms with van der Waals surface area (Å²) in [5.41, 5.74) is 2.14. The fourth-order valence-corrected chi connectivity index (χ4v) is 3.08. The number of aryl methyl sites for hydroxylation is 1. The summed E-state index contributed by atoms with van der Waals surface area (Å²) in [4.78, 5) is 6.75. The third-order valence-electron chi connectivity index (χ3n) is 4.02. The van der Waals surface area contributed by atoms with Crippen LogP contribution in [0.5, 0.6) is 0 Å². The number of halogens is 1. The zero-order valence-electron chi connectivity index (χ0n) is 10.1. The molecule has 0 saturated carbocycles. The van der Waals surface area contributed by atoms with Gasteiger partial charge in [0, 0.05) is 12.6 Å². The van der Waals surface area contributed by atoms with E-state index in [0.29, 0.717) is 11.2 Å². The molecular weight excluding hydrogens is 234 g/mol. The number of hydrogen-bond donors (Lipinski definition) is 1. The first-order chi connectivity index (χ1) is 8.22. The van der Waals surface area contributed by atoms with Crippen molar-refractivity contribution in [3.63, 3.8) is 0 Å². The fraction of sp³-hybridized carbons (Fsp3) is 0.615. The third-order valence-corrected chi connectivity index (χ3v) is 4.42. The summed E-state index contributed by atoms with van der Waals surface area (Å²) in [6, 6.07) is 2.67. The Hall–Kier alpha value is -0.800. The normalized spacial score (nSPS) is 31.5. The van der Waals surface area contributed by atoms with E-state index in [0.717, 1.165) is 17.2 Å². The number of anilines is 1. The van der Waals surface area contributed by atoms with Gasteiger partial charge in [-0.05, 0) is 50.4 Å². The molecule has 0 radical (unpaired) electrons. The summed E-state index contributed by atoms with van der Waals surface area (Å²) in [5.74, 6) is 0.830. The van der Waals surface area contributed by atoms with Gasteiger partial charge in [0.2, 0.25) is 0 Å². The molecule has 2 bridgehead atoms. The molecule has 0 spiro atoms. The minimum absolute atomic E-state index is 0.583. The van der Waals surface area contributed by atoms with Crippen LogP contribution in [0.3, 0.4) is 0 Å². The van der Waals surface area contributed by atoms with Gasteiger partial charge in [-0.2, -0.15) is 0 Å². The molecule has 92 valence electrons. The molecule has 3 saturated heterocycles. The Morgan fingerprint density at radius 2 is 2.18 bits per heavy atom. The molecule has 4 heteroatoms. The Labute approximate surface area is 107 Å². The molecule has 0 aliphatic carbocycles. The van der Waals surface area contributed by atoms with Gasteiger partial charge < -0.3 is 10.2 Å². The molecule has 1 aromatic rings. The molecule has 4 heterocycles. The molecule has 17 heavy (non-hydrogen) atoms. The quantitative estimate of drug-likeness (QED) is 0.819. The monoisotopic (exact) mass is 251 g/mol. The number of nitrogens with zero attached hydrogens (tertiary/aromatic N) is 2. The zero-order chi connectivity index (χ0) is 11.8. The van der Waals surface area contributed by atoms with Crippen molar-refractivity contribution in [3.05, 3.63) is 23.0 Å². The highest BCUT2D eigenvalue weighted by atomic mass is 35.5. The average Bonchev–Trinajstić information content (AvgIpc) is 2.35. The van der Waals surface area contributed by atoms with Crippen LogP contribution in [0.1, 0.15) is 18.4 Å². The third kappa shape index (κ3) is 2.26. The molecule has 1 aromatic heterocycles. The van der Waals surface area contributed by atoms with E-state index in [1.54, 1.807) is 0 Å². The average molecular weight is 252 g/mol. The topological polar surface area (TPSA) is 28.2 Å². The summed E-state index contributed by atoms with van der Waals surface area (Å²) in [5, 5.41) is 4.22. The van der Waals surface area contributed by atoms with Gasteiger partial charge in [0.25, 0.3) is 0 Å². The summed E-state index contributed by atoms with van der Waals surface area (Å²) >= 11 is 5.94. The zero-order valence-corrected chi connectivity index (χ0v) is 10.9. The Balaban J connectivity index is 1.72. The van der Waals surface area contributed by atoms with Crippen LogP contribution in [-0.2, 0) is 0 Å². The summed E-state index contributed by atoms with van der Waals surface area (Å²) < 4.78 is 0. The predicted molar refractivity (Wildman–Crippen MR) is 70.6 cm³/mol. The van der Waals surface area contributed by atoms with Crippen LogP contribution in [0.15, 0.2) is 12.3 Å². The Bertz CT molecular complexity index is 413. The van der Waals surface area contributed by atoms with Crippen molar-refractivity contribution in [2.24, 2.45) is 5.92 Å². The summed E-state index contributed by atoms with van der Waals surface area (Å²) in [6.07, 6.45) is 4.50. The molecule has 3 aliphatic rings. The van der Waals surface area contributed by atoms with E-state index < -0.39 is 0 Å². The lowest BCUT2D eigenvalue weighted by Crippen LogP contribution is -2.53. The van der Waals surface area contributed by atoms with Crippen LogP contribution < -0.4 is 5.32 Å². The number of piperidine rings is 3. The maximum absolute atomic E-state index is 5.94. The summed E-state index contributed by atoms with van der Waals surface area (Å²) in [7, 11) is 0. The van der Waals surface area contributed by atoms with E-state index in [2.05, 4.69) is 21.3 Å². The van der Waals surface area contributed by atoms with E-state index in [1.165, 1.54) is 32.5 Å². The molecule has 1 N–H and O–H groups in total. The van der Waals surface area contributed by atoms with Gasteiger partial charge in [-0.1, -0.05) is 11.6 Å². The van der Waals surface area contributed by atoms with E-state index in [1.807, 2.05) is 13.1 Å². The SMILES string of the molecule is Cc1cc(NC2CN3CCC2CC3)cnc1Cl. The van der Waals surface area contributed by atoms with Gasteiger partial charge in [0.05, 0.1) is 11.9 Å². The van der Waals surface area contributed by atoms with Crippen LogP contribution in [0.2, 0.25) is 5.15 Å². The van der Waals surface area contributed by atoms with E-state index in [-0.39, 0.29) is 0 Å². The van der Waals surface area contributed by atoms with Crippen molar-refractivity contribution < 1.29 is 0 Å². The highest BCUT2D eigenvalue weighted by Crippen LogP contribution is 2.30. The van der Waals surface area contributed by atoms with Crippen molar-refractivity contribution in [1.82, 2.24) is 9.88 Å². The lowest BCUT2D eigenvalue weighted by molar-refractivity contribution is 0.0975. The van der Waals surface area contributed by atoms with Crippen molar-refractivity contribution in [2.45, 2.75) is 25.8 Å². The van der Waals surface area contributed by atoms with Gasteiger partial charge in [0.15, 0.2) is 0 Å². The predicted octanol–water partition coefficient (Wildman–Crippen LogP) is 2.55. The van der Waals surface area contributed by atoms with E-state index in [9.17, 15) is 0 Å². The molecule has 3 nitrogen and oxygen atoms in total. The highest BCUT2D eigenvalue weighted by molar-refractivity contribution is 6.30. The van der Waals surface area contributed by atoms with Gasteiger partial charge >= 0.3 is 0 Å². The van der Waals surface area contributed by atoms with Gasteiger partial charge in [0.1, 0.15) is 5.15 Å². The summed E-state index contributed by atoms with van der Waals surface area (Å²) in [6.45, 7) is 5.73. The number of nitrogens with one attached hydrogen (secondary N) is 1. The van der Waals surface area contributed by atoms with E-state index >= 15 is 0 Å². The maximum atomic E-state index is 5.94. The number of pyridine rings is 1. The first-order valence-electron chi connectivity index (χ1n) is 6.33. The molecule has 0 aromatic carbocycles. The number of aromatic nitrogens is 1. The lowest BCUT2D eigenvalue weighted by atomic mass is 9.84. The Morgan fingerprint density at radius 1 is 1.41 bits per heavy atom. The van der Waals surface area contributed by atoms with Crippen molar-refractivity contribution in [3.8, 4) is 0 Å². The van der Waals surface area contributed by atoms with Crippen molar-refractivity contribution in [2.75, 3.05) is 25.0 Å². The van der Waals surface area contributed by atoms with Crippen molar-refractivity contribution >= 4 is 17.3 Å². The minimum atomic E-state index is 0.583. The molecule has 1 atom stereocenters. The first-order valence-corrected chi connectivity index (χ1v) is 6.71. The highest BCUT2D eigenvalue weighted by Gasteiger charge is 2.33. The molecular formula is C13H18ClN3. The lowest BCUT2D eigenvalue weighted by Gasteiger charge is -2.45. The minimum Gasteiger partial charge on any atom is -0.379 e. The number of rotatable bonds is 2. The Kier molecular flexibility index (Phi) is 2.97. The van der Waals surface area contributed by atoms with Gasteiger partial charge in [-0.3, -0.25) is 0 Å². The van der Waals surface area contributed by atoms with Gasteiger partial charge in [-0.25, -0.2) is 4.98 Å². The van der Waals surface area contributed by atoms with Crippen LogP contribution in [0.4, 0.5) is 5.69 Å². The van der Waals surface area contributed by atoms with Crippen LogP contribution in [0, 0.1) is 12.8 Å². The molecule has 1 unspecified atom stereocenters. The molecule has 0 amide bonds. The second-order valence-corrected chi connectivity index (χ2v) is 5.58.